The molecule has 36 heavy (non-hydrogen) atoms. The van der Waals surface area contributed by atoms with Gasteiger partial charge in [-0.2, -0.15) is 16.7 Å². The number of thioether (sulfide) groups is 1. The van der Waals surface area contributed by atoms with E-state index in [1.807, 2.05) is 24.8 Å². The molecule has 11 heteroatoms. The van der Waals surface area contributed by atoms with Gasteiger partial charge in [-0.25, -0.2) is 9.97 Å². The summed E-state index contributed by atoms with van der Waals surface area (Å²) in [5, 5.41) is 39.2. The molecule has 3 aromatic rings. The van der Waals surface area contributed by atoms with Crippen molar-refractivity contribution in [3.63, 3.8) is 0 Å². The first-order valence-corrected chi connectivity index (χ1v) is 14.0. The Hall–Kier alpha value is -2.05. The minimum Gasteiger partial charge on any atom is -0.390 e. The lowest BCUT2D eigenvalue weighted by molar-refractivity contribution is -0.0601. The number of fused-ring (bicyclic) bond motifs is 1. The van der Waals surface area contributed by atoms with Crippen LogP contribution in [-0.4, -0.2) is 76.2 Å². The van der Waals surface area contributed by atoms with Gasteiger partial charge in [0.2, 0.25) is 5.95 Å². The summed E-state index contributed by atoms with van der Waals surface area (Å²) < 4.78 is 1.19. The average molecular weight is 533 g/mol. The number of aliphatic hydroxyl groups is 3. The Morgan fingerprint density at radius 1 is 1.11 bits per heavy atom. The van der Waals surface area contributed by atoms with Gasteiger partial charge >= 0.3 is 0 Å². The number of aliphatic hydroxyl groups excluding tert-OH is 2. The van der Waals surface area contributed by atoms with E-state index < -0.39 is 29.8 Å². The lowest BCUT2D eigenvalue weighted by Crippen LogP contribution is -2.40. The largest absolute Gasteiger partial charge is 0.390 e. The molecule has 1 aliphatic rings. The highest BCUT2D eigenvalue weighted by Crippen LogP contribution is 2.39. The Bertz CT molecular complexity index is 1210. The maximum atomic E-state index is 10.8. The molecular weight excluding hydrogens is 496 g/mol. The molecule has 0 saturated heterocycles. The number of hydrogen-bond acceptors (Lipinski definition) is 11. The second kappa shape index (κ2) is 10.4. The summed E-state index contributed by atoms with van der Waals surface area (Å²) in [7, 11) is 0. The number of rotatable bonds is 8. The molecule has 196 valence electrons. The third-order valence-corrected chi connectivity index (χ3v) is 8.67. The first-order chi connectivity index (χ1) is 16.8. The molecule has 1 aliphatic carbocycles. The molecule has 4 atom stereocenters. The number of aromatic nitrogens is 4. The summed E-state index contributed by atoms with van der Waals surface area (Å²) in [5.41, 5.74) is 1.27. The van der Waals surface area contributed by atoms with E-state index in [9.17, 15) is 15.3 Å². The van der Waals surface area contributed by atoms with Gasteiger partial charge in [0.15, 0.2) is 0 Å². The van der Waals surface area contributed by atoms with Crippen molar-refractivity contribution in [2.24, 2.45) is 5.92 Å². The number of thiazole rings is 1. The van der Waals surface area contributed by atoms with E-state index in [4.69, 9.17) is 9.97 Å². The summed E-state index contributed by atoms with van der Waals surface area (Å²) in [5.74, 6) is 1.43. The third kappa shape index (κ3) is 6.08. The fourth-order valence-corrected chi connectivity index (χ4v) is 6.25. The van der Waals surface area contributed by atoms with Gasteiger partial charge in [0.05, 0.1) is 33.7 Å². The fourth-order valence-electron chi connectivity index (χ4n) is 4.41. The zero-order chi connectivity index (χ0) is 26.3. The van der Waals surface area contributed by atoms with Crippen molar-refractivity contribution >= 4 is 45.1 Å². The van der Waals surface area contributed by atoms with Crippen LogP contribution in [0.3, 0.4) is 0 Å². The summed E-state index contributed by atoms with van der Waals surface area (Å²) in [6.45, 7) is 12.5. The molecule has 0 aromatic carbocycles. The number of nitrogens with one attached hydrogen (secondary N) is 2. The summed E-state index contributed by atoms with van der Waals surface area (Å²) in [6, 6.07) is 1.44. The van der Waals surface area contributed by atoms with Gasteiger partial charge < -0.3 is 26.0 Å². The Morgan fingerprint density at radius 2 is 1.86 bits per heavy atom. The molecule has 3 aromatic heterocycles. The highest BCUT2D eigenvalue weighted by Gasteiger charge is 2.47. The van der Waals surface area contributed by atoms with Gasteiger partial charge in [-0.15, -0.1) is 11.3 Å². The van der Waals surface area contributed by atoms with Crippen LogP contribution in [0.25, 0.3) is 20.8 Å². The van der Waals surface area contributed by atoms with Gasteiger partial charge in [0, 0.05) is 35.4 Å². The first-order valence-electron chi connectivity index (χ1n) is 12.2. The maximum Gasteiger partial charge on any atom is 0.224 e. The third-order valence-electron chi connectivity index (χ3n) is 6.34. The van der Waals surface area contributed by atoms with Gasteiger partial charge in [-0.1, -0.05) is 20.8 Å². The molecule has 0 aliphatic heterocycles. The number of pyridine rings is 1. The van der Waals surface area contributed by atoms with E-state index in [2.05, 4.69) is 41.4 Å². The Kier molecular flexibility index (Phi) is 7.78. The summed E-state index contributed by atoms with van der Waals surface area (Å²) >= 11 is 3.38. The number of anilines is 2. The topological polar surface area (TPSA) is 136 Å². The Labute approximate surface area is 220 Å². The molecule has 3 heterocycles. The second-order valence-corrected chi connectivity index (χ2v) is 13.8. The van der Waals surface area contributed by atoms with E-state index in [1.165, 1.54) is 11.3 Å². The van der Waals surface area contributed by atoms with Crippen LogP contribution in [0.5, 0.6) is 0 Å². The van der Waals surface area contributed by atoms with Crippen LogP contribution in [0.1, 0.15) is 46.7 Å². The van der Waals surface area contributed by atoms with E-state index >= 15 is 0 Å². The summed E-state index contributed by atoms with van der Waals surface area (Å²) in [6.07, 6.45) is 1.80. The summed E-state index contributed by atoms with van der Waals surface area (Å²) in [4.78, 5) is 18.4. The molecule has 4 rings (SSSR count). The van der Waals surface area contributed by atoms with Crippen LogP contribution in [0.4, 0.5) is 11.8 Å². The Balaban J connectivity index is 1.64. The first kappa shape index (κ1) is 27.0. The Morgan fingerprint density at radius 3 is 2.50 bits per heavy atom. The molecule has 1 saturated carbocycles. The fraction of sp³-hybridized carbons (Fsp3) is 0.600. The van der Waals surface area contributed by atoms with Crippen molar-refractivity contribution in [1.29, 1.82) is 0 Å². The number of hydrogen-bond donors (Lipinski definition) is 5. The van der Waals surface area contributed by atoms with Crippen molar-refractivity contribution in [3.8, 4) is 10.6 Å². The maximum absolute atomic E-state index is 10.8. The molecule has 9 nitrogen and oxygen atoms in total. The van der Waals surface area contributed by atoms with Gasteiger partial charge in [0.25, 0.3) is 0 Å². The van der Waals surface area contributed by atoms with Crippen molar-refractivity contribution in [2.45, 2.75) is 76.6 Å². The zero-order valence-electron chi connectivity index (χ0n) is 21.6. The predicted octanol–water partition coefficient (Wildman–Crippen LogP) is 3.69. The number of aryl methyl sites for hydroxylation is 1. The smallest absolute Gasteiger partial charge is 0.224 e. The molecule has 0 radical (unpaired) electrons. The molecule has 0 bridgehead atoms. The quantitative estimate of drug-likeness (QED) is 0.273. The molecule has 0 amide bonds. The highest BCUT2D eigenvalue weighted by atomic mass is 32.2. The van der Waals surface area contributed by atoms with Gasteiger partial charge in [-0.05, 0) is 33.3 Å². The minimum atomic E-state index is -1.12. The van der Waals surface area contributed by atoms with Crippen LogP contribution < -0.4 is 10.6 Å². The van der Waals surface area contributed by atoms with E-state index in [-0.39, 0.29) is 4.75 Å². The van der Waals surface area contributed by atoms with Crippen LogP contribution in [-0.2, 0) is 0 Å². The molecule has 4 unspecified atom stereocenters. The van der Waals surface area contributed by atoms with Crippen molar-refractivity contribution < 1.29 is 15.3 Å². The molecule has 5 N–H and O–H groups in total. The lowest BCUT2D eigenvalue weighted by Gasteiger charge is -2.28. The van der Waals surface area contributed by atoms with Gasteiger partial charge in [-0.3, -0.25) is 4.98 Å². The SMILES string of the molecule is Cc1nccc2sc(-c3cnc(NCCSC(C)(C)C)nc3NC3CC(C(C)(C)O)C(O)C3O)nc12. The second-order valence-electron chi connectivity index (χ2n) is 10.8. The number of nitrogens with zero attached hydrogens (tertiary/aromatic N) is 4. The van der Waals surface area contributed by atoms with Crippen molar-refractivity contribution in [3.05, 3.63) is 24.2 Å². The van der Waals surface area contributed by atoms with Crippen LogP contribution >= 0.6 is 23.1 Å². The van der Waals surface area contributed by atoms with Crippen molar-refractivity contribution in [1.82, 2.24) is 19.9 Å². The molecule has 1 fully saturated rings. The molecular formula is C25H36N6O3S2. The monoisotopic (exact) mass is 532 g/mol. The van der Waals surface area contributed by atoms with E-state index in [0.717, 1.165) is 26.7 Å². The lowest BCUT2D eigenvalue weighted by atomic mass is 9.88. The minimum absolute atomic E-state index is 0.176. The van der Waals surface area contributed by atoms with Crippen LogP contribution in [0, 0.1) is 12.8 Å². The predicted molar refractivity (Wildman–Crippen MR) is 148 cm³/mol. The van der Waals surface area contributed by atoms with Crippen molar-refractivity contribution in [2.75, 3.05) is 22.9 Å². The normalized spacial score (nSPS) is 22.8. The van der Waals surface area contributed by atoms with Gasteiger partial charge in [0.1, 0.15) is 22.4 Å². The molecule has 0 spiro atoms. The van der Waals surface area contributed by atoms with E-state index in [0.29, 0.717) is 30.3 Å². The highest BCUT2D eigenvalue weighted by molar-refractivity contribution is 8.00. The zero-order valence-corrected chi connectivity index (χ0v) is 23.2. The van der Waals surface area contributed by atoms with Crippen LogP contribution in [0.2, 0.25) is 0 Å². The standard InChI is InChI=1S/C25H36N6O3S2/c1-13-18-17(7-8-26-13)36-22(30-18)14-12-28-23(27-9-10-35-24(2,3)4)31-21(14)29-16-11-15(25(5,6)34)19(32)20(16)33/h7-8,12,15-16,19-20,32-34H,9-11H2,1-6H3,(H2,27,28,29,31). The average Bonchev–Trinajstić information content (AvgIpc) is 3.34. The van der Waals surface area contributed by atoms with E-state index in [1.54, 1.807) is 26.2 Å². The van der Waals surface area contributed by atoms with Crippen LogP contribution in [0.15, 0.2) is 18.5 Å².